The van der Waals surface area contributed by atoms with Crippen molar-refractivity contribution in [1.29, 1.82) is 0 Å². The Morgan fingerprint density at radius 2 is 2.03 bits per heavy atom. The molecule has 30 heavy (non-hydrogen) atoms. The molecule has 1 aliphatic rings. The van der Waals surface area contributed by atoms with Gasteiger partial charge in [-0.2, -0.15) is 13.6 Å². The molecule has 1 aromatic rings. The number of nitrogens with two attached hydrogens (primary N) is 1. The van der Waals surface area contributed by atoms with Gasteiger partial charge in [0.15, 0.2) is 16.6 Å². The summed E-state index contributed by atoms with van der Waals surface area (Å²) >= 11 is 0.966. The maximum Gasteiger partial charge on any atom is 0.476 e. The molecule has 0 spiro atoms. The van der Waals surface area contributed by atoms with Gasteiger partial charge in [-0.25, -0.2) is 19.6 Å². The van der Waals surface area contributed by atoms with Crippen molar-refractivity contribution >= 4 is 45.8 Å². The maximum atomic E-state index is 13.3. The smallest absolute Gasteiger partial charge is 0.476 e. The van der Waals surface area contributed by atoms with E-state index in [2.05, 4.69) is 19.8 Å². The van der Waals surface area contributed by atoms with E-state index in [-0.39, 0.29) is 15.9 Å². The van der Waals surface area contributed by atoms with Gasteiger partial charge in [0.2, 0.25) is 6.61 Å². The van der Waals surface area contributed by atoms with Gasteiger partial charge >= 0.3 is 18.0 Å². The molecule has 1 fully saturated rings. The minimum Gasteiger partial charge on any atom is -0.479 e. The van der Waals surface area contributed by atoms with Gasteiger partial charge in [0.05, 0.1) is 11.5 Å². The molecule has 1 atom stereocenters. The maximum absolute atomic E-state index is 13.3. The number of hydrogen-bond donors (Lipinski definition) is 3. The quantitative estimate of drug-likeness (QED) is 0.255. The molecule has 1 saturated heterocycles. The monoisotopic (exact) mass is 450 g/mol. The molecule has 15 heteroatoms. The highest BCUT2D eigenvalue weighted by Crippen LogP contribution is 2.42. The van der Waals surface area contributed by atoms with E-state index in [1.54, 1.807) is 0 Å². The molecule has 0 aliphatic carbocycles. The summed E-state index contributed by atoms with van der Waals surface area (Å²) in [5.41, 5.74) is 3.61. The fourth-order valence-electron chi connectivity index (χ4n) is 2.53. The highest BCUT2D eigenvalue weighted by molar-refractivity contribution is 7.13. The van der Waals surface area contributed by atoms with Crippen LogP contribution < -0.4 is 5.73 Å². The number of nitrogen functional groups attached to an aromatic ring is 1. The average molecular weight is 450 g/mol. The third-order valence-electron chi connectivity index (χ3n) is 4.09. The van der Waals surface area contributed by atoms with E-state index in [0.717, 1.165) is 11.3 Å². The fourth-order valence-corrected chi connectivity index (χ4v) is 3.08. The number of ketones is 1. The predicted molar refractivity (Wildman–Crippen MR) is 94.4 cm³/mol. The molecule has 12 nitrogen and oxygen atoms in total. The first-order valence-electron chi connectivity index (χ1n) is 8.08. The first-order chi connectivity index (χ1) is 13.8. The van der Waals surface area contributed by atoms with Crippen LogP contribution in [0.25, 0.3) is 0 Å². The molecule has 2 heterocycles. The molecule has 0 saturated carbocycles. The van der Waals surface area contributed by atoms with Gasteiger partial charge in [-0.1, -0.05) is 5.16 Å². The summed E-state index contributed by atoms with van der Waals surface area (Å²) in [6.45, 7) is 1.74. The molecule has 2 rings (SSSR count). The van der Waals surface area contributed by atoms with Gasteiger partial charge in [-0.3, -0.25) is 9.59 Å². The Hall–Kier alpha value is -3.20. The molecule has 1 aliphatic heterocycles. The average Bonchev–Trinajstić information content (AvgIpc) is 3.06. The fraction of sp³-hybridized carbons (Fsp3) is 0.467. The standard InChI is InChI=1S/C15H16F2N4O8S/c1-14(2)6(11(25)21(14)29-15(16,17)12(26)27)3-8(22)10(20-28-4-9(23)24)7-5-30-13(18)19-7/h5-6H,3-4H2,1-2H3,(H2,18,19)(H,23,24)(H,26,27)/b20-10-/t6-/m1/s1. The molecular formula is C15H16F2N4O8S. The lowest BCUT2D eigenvalue weighted by Gasteiger charge is -2.52. The summed E-state index contributed by atoms with van der Waals surface area (Å²) in [7, 11) is 0. The van der Waals surface area contributed by atoms with Crippen molar-refractivity contribution < 1.29 is 47.8 Å². The van der Waals surface area contributed by atoms with Crippen molar-refractivity contribution in [2.75, 3.05) is 12.3 Å². The van der Waals surface area contributed by atoms with Crippen LogP contribution in [0.2, 0.25) is 0 Å². The molecule has 0 radical (unpaired) electrons. The highest BCUT2D eigenvalue weighted by Gasteiger charge is 2.60. The molecule has 4 N–H and O–H groups in total. The van der Waals surface area contributed by atoms with Gasteiger partial charge in [0.1, 0.15) is 5.69 Å². The number of hydrogen-bond acceptors (Lipinski definition) is 10. The number of halogens is 2. The van der Waals surface area contributed by atoms with Gasteiger partial charge in [-0.05, 0) is 13.8 Å². The van der Waals surface area contributed by atoms with Crippen LogP contribution in [0.4, 0.5) is 13.9 Å². The van der Waals surface area contributed by atoms with Crippen molar-refractivity contribution in [2.45, 2.75) is 31.9 Å². The van der Waals surface area contributed by atoms with E-state index >= 15 is 0 Å². The lowest BCUT2D eigenvalue weighted by molar-refractivity contribution is -0.373. The second-order valence-corrected chi connectivity index (χ2v) is 7.45. The van der Waals surface area contributed by atoms with Gasteiger partial charge < -0.3 is 20.8 Å². The van der Waals surface area contributed by atoms with Gasteiger partial charge in [0, 0.05) is 11.8 Å². The summed E-state index contributed by atoms with van der Waals surface area (Å²) in [5, 5.41) is 22.1. The number of aromatic nitrogens is 1. The van der Waals surface area contributed by atoms with E-state index in [9.17, 15) is 28.0 Å². The number of carbonyl (C=O) groups is 4. The van der Waals surface area contributed by atoms with Crippen LogP contribution in [0.1, 0.15) is 26.0 Å². The Morgan fingerprint density at radius 1 is 1.40 bits per heavy atom. The minimum atomic E-state index is -4.64. The largest absolute Gasteiger partial charge is 0.479 e. The number of β-lactam (4-membered cyclic amide) rings is 1. The lowest BCUT2D eigenvalue weighted by Crippen LogP contribution is -2.69. The van der Waals surface area contributed by atoms with Crippen molar-refractivity contribution in [3.8, 4) is 0 Å². The third kappa shape index (κ3) is 4.68. The Morgan fingerprint density at radius 3 is 2.50 bits per heavy atom. The number of aliphatic carboxylic acids is 2. The van der Waals surface area contributed by atoms with Crippen LogP contribution >= 0.6 is 11.3 Å². The van der Waals surface area contributed by atoms with E-state index in [0.29, 0.717) is 0 Å². The summed E-state index contributed by atoms with van der Waals surface area (Å²) in [6.07, 6.45) is -5.19. The van der Waals surface area contributed by atoms with Crippen LogP contribution in [0.3, 0.4) is 0 Å². The first-order valence-corrected chi connectivity index (χ1v) is 8.96. The van der Waals surface area contributed by atoms with Crippen molar-refractivity contribution in [1.82, 2.24) is 10.0 Å². The van der Waals surface area contributed by atoms with Crippen LogP contribution in [0, 0.1) is 5.92 Å². The number of carbonyl (C=O) groups excluding carboxylic acids is 2. The number of hydroxylamine groups is 2. The van der Waals surface area contributed by atoms with Crippen molar-refractivity contribution in [3.63, 3.8) is 0 Å². The SMILES string of the molecule is CC1(C)[C@H](CC(=O)/C(=N\OCC(=O)O)c2csc(N)n2)C(=O)N1OC(F)(F)C(=O)O. The Kier molecular flexibility index (Phi) is 6.36. The topological polar surface area (TPSA) is 182 Å². The van der Waals surface area contributed by atoms with E-state index in [4.69, 9.17) is 15.9 Å². The second-order valence-electron chi connectivity index (χ2n) is 6.56. The van der Waals surface area contributed by atoms with E-state index in [1.165, 1.54) is 19.2 Å². The number of thiazole rings is 1. The van der Waals surface area contributed by atoms with Crippen LogP contribution in [0.5, 0.6) is 0 Å². The van der Waals surface area contributed by atoms with Crippen molar-refractivity contribution in [3.05, 3.63) is 11.1 Å². The summed E-state index contributed by atoms with van der Waals surface area (Å²) < 4.78 is 26.6. The molecule has 1 aromatic heterocycles. The zero-order valence-electron chi connectivity index (χ0n) is 15.5. The number of nitrogens with zero attached hydrogens (tertiary/aromatic N) is 3. The van der Waals surface area contributed by atoms with Crippen LogP contribution in [0.15, 0.2) is 10.5 Å². The molecule has 1 amide bonds. The molecule has 164 valence electrons. The zero-order valence-corrected chi connectivity index (χ0v) is 16.3. The second kappa shape index (κ2) is 8.27. The number of alkyl halides is 2. The summed E-state index contributed by atoms with van der Waals surface area (Å²) in [6, 6.07) is 0. The lowest BCUT2D eigenvalue weighted by atomic mass is 9.74. The highest BCUT2D eigenvalue weighted by atomic mass is 32.1. The zero-order chi connectivity index (χ0) is 22.9. The van der Waals surface area contributed by atoms with Gasteiger partial charge in [-0.15, -0.1) is 11.3 Å². The summed E-state index contributed by atoms with van der Waals surface area (Å²) in [5.74, 6) is -6.95. The number of amides is 1. The Labute approximate surface area is 170 Å². The molecule has 0 bridgehead atoms. The number of Topliss-reactive ketones (excluding diaryl/α,β-unsaturated/α-hetero) is 1. The van der Waals surface area contributed by atoms with E-state index < -0.39 is 59.9 Å². The number of carboxylic acids is 2. The van der Waals surface area contributed by atoms with Crippen LogP contribution in [-0.2, 0) is 28.9 Å². The van der Waals surface area contributed by atoms with Crippen molar-refractivity contribution in [2.24, 2.45) is 11.1 Å². The number of anilines is 1. The summed E-state index contributed by atoms with van der Waals surface area (Å²) in [4.78, 5) is 58.4. The van der Waals surface area contributed by atoms with Gasteiger partial charge in [0.25, 0.3) is 5.91 Å². The number of rotatable bonds is 10. The molecule has 0 aromatic carbocycles. The number of carboxylic acid groups (broad SMARTS) is 2. The Balaban J connectivity index is 2.18. The number of oxime groups is 1. The first kappa shape index (κ1) is 23.1. The molecule has 0 unspecified atom stereocenters. The normalized spacial score (nSPS) is 18.7. The minimum absolute atomic E-state index is 0.0250. The van der Waals surface area contributed by atoms with E-state index in [1.807, 2.05) is 0 Å². The molecular weight excluding hydrogens is 434 g/mol. The van der Waals surface area contributed by atoms with Crippen LogP contribution in [-0.4, -0.2) is 67.9 Å². The Bertz CT molecular complexity index is 916. The predicted octanol–water partition coefficient (Wildman–Crippen LogP) is 0.336. The third-order valence-corrected chi connectivity index (χ3v) is 4.77.